The number of ether oxygens (including phenoxy) is 3. The van der Waals surface area contributed by atoms with Gasteiger partial charge in [0, 0.05) is 18.1 Å². The largest absolute Gasteiger partial charge is 0.388 e. The minimum absolute atomic E-state index is 0.369. The number of methoxy groups -OCH3 is 1. The first-order valence-corrected chi connectivity index (χ1v) is 11.4. The zero-order chi connectivity index (χ0) is 18.5. The van der Waals surface area contributed by atoms with E-state index >= 15 is 0 Å². The first-order valence-electron chi connectivity index (χ1n) is 9.87. The van der Waals surface area contributed by atoms with Gasteiger partial charge in [-0.2, -0.15) is 0 Å². The first kappa shape index (κ1) is 23.6. The number of rotatable bonds is 14. The Hall–Kier alpha value is 0.530. The molecule has 0 amide bonds. The predicted octanol–water partition coefficient (Wildman–Crippen LogP) is 3.82. The average Bonchev–Trinajstić information content (AvgIpc) is 2.62. The fourth-order valence-electron chi connectivity index (χ4n) is 3.23. The predicted molar refractivity (Wildman–Crippen MR) is 108 cm³/mol. The number of hydrogen-bond acceptors (Lipinski definition) is 5. The van der Waals surface area contributed by atoms with Gasteiger partial charge in [-0.15, -0.1) is 0 Å². The molecule has 5 nitrogen and oxygen atoms in total. The number of unbranched alkanes of at least 4 members (excludes halogenated alkanes) is 9. The van der Waals surface area contributed by atoms with Crippen molar-refractivity contribution < 1.29 is 24.4 Å². The van der Waals surface area contributed by atoms with Crippen molar-refractivity contribution in [2.24, 2.45) is 0 Å². The van der Waals surface area contributed by atoms with Gasteiger partial charge in [0.25, 0.3) is 0 Å². The first-order chi connectivity index (χ1) is 12.2. The van der Waals surface area contributed by atoms with Gasteiger partial charge < -0.3 is 24.4 Å². The van der Waals surface area contributed by atoms with Gasteiger partial charge in [-0.05, 0) is 6.42 Å². The van der Waals surface area contributed by atoms with Crippen molar-refractivity contribution in [1.82, 2.24) is 0 Å². The Morgan fingerprint density at radius 3 is 1.96 bits per heavy atom. The molecule has 0 radical (unpaired) electrons. The molecule has 1 heterocycles. The molecule has 6 heteroatoms. The molecule has 150 valence electrons. The van der Waals surface area contributed by atoms with Gasteiger partial charge in [0.2, 0.25) is 0 Å². The second-order valence-corrected chi connectivity index (χ2v) is 7.81. The normalized spacial score (nSPS) is 29.9. The molecular weight excluding hydrogens is 435 g/mol. The van der Waals surface area contributed by atoms with Crippen LogP contribution < -0.4 is 0 Å². The van der Waals surface area contributed by atoms with Gasteiger partial charge in [0.05, 0.1) is 6.10 Å². The minimum Gasteiger partial charge on any atom is -0.388 e. The Balaban J connectivity index is 2.11. The van der Waals surface area contributed by atoms with E-state index in [1.807, 2.05) is 0 Å². The van der Waals surface area contributed by atoms with Crippen molar-refractivity contribution in [3.05, 3.63) is 0 Å². The maximum atomic E-state index is 10.3. The summed E-state index contributed by atoms with van der Waals surface area (Å²) in [7, 11) is 1.50. The summed E-state index contributed by atoms with van der Waals surface area (Å²) in [5, 5.41) is 20.5. The standard InChI is InChI=1S/C19H37IO5/c1-3-4-5-6-7-8-9-10-11-12-13-24-18-16(21)15(14-20)25-19(23-2)17(18)22/h15-19,21-22H,3-14H2,1-2H3/t15-,16-,17-,18+,19+/m1/s1. The Morgan fingerprint density at radius 2 is 1.44 bits per heavy atom. The summed E-state index contributed by atoms with van der Waals surface area (Å²) < 4.78 is 17.1. The zero-order valence-corrected chi connectivity index (χ0v) is 18.0. The lowest BCUT2D eigenvalue weighted by atomic mass is 9.99. The fraction of sp³-hybridized carbons (Fsp3) is 1.00. The van der Waals surface area contributed by atoms with Crippen molar-refractivity contribution in [2.75, 3.05) is 18.1 Å². The molecule has 25 heavy (non-hydrogen) atoms. The van der Waals surface area contributed by atoms with Crippen LogP contribution in [0.1, 0.15) is 71.1 Å². The second-order valence-electron chi connectivity index (χ2n) is 6.93. The van der Waals surface area contributed by atoms with Crippen molar-refractivity contribution in [2.45, 2.75) is 102 Å². The van der Waals surface area contributed by atoms with Crippen LogP contribution in [0.3, 0.4) is 0 Å². The Bertz CT molecular complexity index is 302. The molecule has 1 aliphatic heterocycles. The molecule has 0 aromatic carbocycles. The molecule has 0 aliphatic carbocycles. The highest BCUT2D eigenvalue weighted by molar-refractivity contribution is 14.1. The Kier molecular flexibility index (Phi) is 13.7. The van der Waals surface area contributed by atoms with Crippen LogP contribution in [0.5, 0.6) is 0 Å². The SMILES string of the molecule is CCCCCCCCCCCCO[C@@H]1[C@@H](O)[C@@H](OC)O[C@H](CI)[C@H]1O. The fourth-order valence-corrected chi connectivity index (χ4v) is 3.96. The van der Waals surface area contributed by atoms with Crippen LogP contribution in [0, 0.1) is 0 Å². The van der Waals surface area contributed by atoms with E-state index in [2.05, 4.69) is 29.5 Å². The summed E-state index contributed by atoms with van der Waals surface area (Å²) >= 11 is 2.16. The third kappa shape index (κ3) is 8.84. The van der Waals surface area contributed by atoms with E-state index in [0.29, 0.717) is 11.0 Å². The maximum absolute atomic E-state index is 10.3. The topological polar surface area (TPSA) is 68.2 Å². The van der Waals surface area contributed by atoms with Crippen molar-refractivity contribution in [3.63, 3.8) is 0 Å². The van der Waals surface area contributed by atoms with Crippen LogP contribution in [-0.2, 0) is 14.2 Å². The number of halogens is 1. The van der Waals surface area contributed by atoms with E-state index in [4.69, 9.17) is 14.2 Å². The summed E-state index contributed by atoms with van der Waals surface area (Å²) in [6.45, 7) is 2.80. The van der Waals surface area contributed by atoms with Crippen LogP contribution in [-0.4, -0.2) is 59.1 Å². The molecule has 0 aromatic heterocycles. The summed E-state index contributed by atoms with van der Waals surface area (Å²) in [6, 6.07) is 0. The van der Waals surface area contributed by atoms with E-state index in [-0.39, 0.29) is 6.10 Å². The van der Waals surface area contributed by atoms with Crippen molar-refractivity contribution >= 4 is 22.6 Å². The molecule has 0 spiro atoms. The molecule has 0 aromatic rings. The smallest absolute Gasteiger partial charge is 0.186 e. The summed E-state index contributed by atoms with van der Waals surface area (Å²) in [4.78, 5) is 0. The quantitative estimate of drug-likeness (QED) is 0.229. The van der Waals surface area contributed by atoms with Crippen LogP contribution in [0.2, 0.25) is 0 Å². The van der Waals surface area contributed by atoms with Crippen LogP contribution in [0.25, 0.3) is 0 Å². The monoisotopic (exact) mass is 472 g/mol. The highest BCUT2D eigenvalue weighted by Gasteiger charge is 2.44. The number of hydrogen-bond donors (Lipinski definition) is 2. The lowest BCUT2D eigenvalue weighted by Gasteiger charge is -2.41. The van der Waals surface area contributed by atoms with Gasteiger partial charge in [-0.3, -0.25) is 0 Å². The molecule has 2 N–H and O–H groups in total. The molecule has 1 rings (SSSR count). The lowest BCUT2D eigenvalue weighted by Crippen LogP contribution is -2.59. The third-order valence-corrected chi connectivity index (χ3v) is 5.70. The van der Waals surface area contributed by atoms with Crippen LogP contribution in [0.4, 0.5) is 0 Å². The van der Waals surface area contributed by atoms with E-state index < -0.39 is 24.6 Å². The van der Waals surface area contributed by atoms with Crippen molar-refractivity contribution in [3.8, 4) is 0 Å². The summed E-state index contributed by atoms with van der Waals surface area (Å²) in [5.41, 5.74) is 0. The van der Waals surface area contributed by atoms with Gasteiger partial charge in [-0.1, -0.05) is 87.3 Å². The molecule has 0 saturated carbocycles. The molecule has 5 atom stereocenters. The lowest BCUT2D eigenvalue weighted by molar-refractivity contribution is -0.292. The summed E-state index contributed by atoms with van der Waals surface area (Å²) in [6.07, 6.45) is 9.19. The second kappa shape index (κ2) is 14.6. The molecule has 1 saturated heterocycles. The van der Waals surface area contributed by atoms with E-state index in [9.17, 15) is 10.2 Å². The highest BCUT2D eigenvalue weighted by atomic mass is 127. The number of aliphatic hydroxyl groups is 2. The van der Waals surface area contributed by atoms with E-state index in [1.165, 1.54) is 58.5 Å². The van der Waals surface area contributed by atoms with Crippen LogP contribution in [0.15, 0.2) is 0 Å². The number of alkyl halides is 1. The average molecular weight is 472 g/mol. The molecule has 0 bridgehead atoms. The minimum atomic E-state index is -0.956. The third-order valence-electron chi connectivity index (χ3n) is 4.83. The molecule has 1 fully saturated rings. The van der Waals surface area contributed by atoms with Crippen molar-refractivity contribution in [1.29, 1.82) is 0 Å². The Labute approximate surface area is 166 Å². The van der Waals surface area contributed by atoms with Gasteiger partial charge in [-0.25, -0.2) is 0 Å². The summed E-state index contributed by atoms with van der Waals surface area (Å²) in [5.74, 6) is 0. The van der Waals surface area contributed by atoms with Crippen LogP contribution >= 0.6 is 22.6 Å². The maximum Gasteiger partial charge on any atom is 0.186 e. The molecule has 0 unspecified atom stereocenters. The zero-order valence-electron chi connectivity index (χ0n) is 15.9. The Morgan fingerprint density at radius 1 is 0.880 bits per heavy atom. The van der Waals surface area contributed by atoms with E-state index in [0.717, 1.165) is 12.8 Å². The van der Waals surface area contributed by atoms with Gasteiger partial charge in [0.1, 0.15) is 18.3 Å². The highest BCUT2D eigenvalue weighted by Crippen LogP contribution is 2.25. The number of aliphatic hydroxyl groups excluding tert-OH is 2. The molecule has 1 aliphatic rings. The molecular formula is C19H37IO5. The van der Waals surface area contributed by atoms with Gasteiger partial charge >= 0.3 is 0 Å². The van der Waals surface area contributed by atoms with E-state index in [1.54, 1.807) is 0 Å². The van der Waals surface area contributed by atoms with Gasteiger partial charge in [0.15, 0.2) is 6.29 Å².